The van der Waals surface area contributed by atoms with E-state index in [9.17, 15) is 18.0 Å². The van der Waals surface area contributed by atoms with Gasteiger partial charge in [-0.15, -0.1) is 0 Å². The Hall–Kier alpha value is -2.91. The first kappa shape index (κ1) is 23.4. The Balaban J connectivity index is 2.14. The van der Waals surface area contributed by atoms with Gasteiger partial charge in [-0.3, -0.25) is 4.79 Å². The van der Waals surface area contributed by atoms with Crippen molar-refractivity contribution in [2.24, 2.45) is 0 Å². The number of carbonyl (C=O) groups is 2. The van der Waals surface area contributed by atoms with Crippen molar-refractivity contribution in [1.29, 1.82) is 0 Å². The number of carbonyl (C=O) groups excluding carboxylic acids is 2. The van der Waals surface area contributed by atoms with Gasteiger partial charge in [0.05, 0.1) is 12.7 Å². The molecule has 0 fully saturated rings. The highest BCUT2D eigenvalue weighted by Crippen LogP contribution is 2.26. The predicted molar refractivity (Wildman–Crippen MR) is 113 cm³/mol. The van der Waals surface area contributed by atoms with Gasteiger partial charge in [-0.05, 0) is 57.5 Å². The molecule has 30 heavy (non-hydrogen) atoms. The molecule has 0 aliphatic rings. The fourth-order valence-electron chi connectivity index (χ4n) is 2.59. The Morgan fingerprint density at radius 3 is 2.33 bits per heavy atom. The van der Waals surface area contributed by atoms with Crippen molar-refractivity contribution in [3.05, 3.63) is 53.6 Å². The number of benzene rings is 2. The highest BCUT2D eigenvalue weighted by Gasteiger charge is 2.26. The minimum absolute atomic E-state index is 0.0197. The van der Waals surface area contributed by atoms with E-state index in [1.165, 1.54) is 19.2 Å². The third-order valence-corrected chi connectivity index (χ3v) is 5.66. The number of anilines is 1. The van der Waals surface area contributed by atoms with Crippen LogP contribution >= 0.6 is 0 Å². The van der Waals surface area contributed by atoms with Crippen LogP contribution in [0.3, 0.4) is 0 Å². The number of rotatable bonds is 7. The van der Waals surface area contributed by atoms with Crippen LogP contribution in [-0.2, 0) is 19.6 Å². The van der Waals surface area contributed by atoms with Gasteiger partial charge < -0.3 is 14.8 Å². The van der Waals surface area contributed by atoms with Crippen molar-refractivity contribution in [3.8, 4) is 5.75 Å². The van der Waals surface area contributed by atoms with Crippen LogP contribution in [0.15, 0.2) is 47.4 Å². The lowest BCUT2D eigenvalue weighted by atomic mass is 10.1. The molecule has 0 spiro atoms. The van der Waals surface area contributed by atoms with Crippen LogP contribution in [0.1, 0.15) is 36.7 Å². The third kappa shape index (κ3) is 6.30. The van der Waals surface area contributed by atoms with Crippen LogP contribution < -0.4 is 14.8 Å². The summed E-state index contributed by atoms with van der Waals surface area (Å²) in [5, 5.41) is 2.65. The third-order valence-electron chi connectivity index (χ3n) is 3.88. The summed E-state index contributed by atoms with van der Waals surface area (Å²) in [7, 11) is -2.62. The fourth-order valence-corrected chi connectivity index (χ4v) is 4.20. The van der Waals surface area contributed by atoms with E-state index >= 15 is 0 Å². The van der Waals surface area contributed by atoms with Crippen molar-refractivity contribution in [3.63, 3.8) is 0 Å². The number of nitrogens with one attached hydrogen (secondary N) is 2. The summed E-state index contributed by atoms with van der Waals surface area (Å²) < 4.78 is 38.1. The zero-order valence-corrected chi connectivity index (χ0v) is 18.4. The molecule has 0 bridgehead atoms. The Bertz CT molecular complexity index is 1040. The van der Waals surface area contributed by atoms with Crippen LogP contribution in [0.5, 0.6) is 5.75 Å². The van der Waals surface area contributed by atoms with Gasteiger partial charge in [0.2, 0.25) is 10.0 Å². The molecule has 162 valence electrons. The highest BCUT2D eigenvalue weighted by molar-refractivity contribution is 7.89. The quantitative estimate of drug-likeness (QED) is 0.649. The number of amides is 1. The standard InChI is InChI=1S/C21H26N2O6S/c1-14-8-6-7-9-16(14)22-19(24)13-29-20(25)15-10-11-17(28-5)18(12-15)30(26,27)23-21(2,3)4/h6-12,23H,13H2,1-5H3,(H,22,24). The lowest BCUT2D eigenvalue weighted by molar-refractivity contribution is -0.119. The van der Waals surface area contributed by atoms with Crippen LogP contribution in [0.2, 0.25) is 0 Å². The Labute approximate surface area is 176 Å². The molecule has 1 amide bonds. The van der Waals surface area contributed by atoms with Crippen molar-refractivity contribution in [1.82, 2.24) is 4.72 Å². The van der Waals surface area contributed by atoms with E-state index in [4.69, 9.17) is 9.47 Å². The van der Waals surface area contributed by atoms with Gasteiger partial charge >= 0.3 is 5.97 Å². The van der Waals surface area contributed by atoms with E-state index < -0.39 is 34.0 Å². The monoisotopic (exact) mass is 434 g/mol. The van der Waals surface area contributed by atoms with E-state index in [0.717, 1.165) is 11.6 Å². The number of para-hydroxylation sites is 1. The summed E-state index contributed by atoms with van der Waals surface area (Å²) in [6.07, 6.45) is 0. The number of ether oxygens (including phenoxy) is 2. The second kappa shape index (κ2) is 9.27. The molecule has 0 saturated carbocycles. The van der Waals surface area contributed by atoms with Gasteiger partial charge in [0.25, 0.3) is 5.91 Å². The molecule has 0 aliphatic heterocycles. The van der Waals surface area contributed by atoms with Gasteiger partial charge in [0, 0.05) is 11.2 Å². The number of methoxy groups -OCH3 is 1. The predicted octanol–water partition coefficient (Wildman–Crippen LogP) is 2.88. The van der Waals surface area contributed by atoms with Crippen LogP contribution in [0.4, 0.5) is 5.69 Å². The van der Waals surface area contributed by atoms with Gasteiger partial charge in [-0.25, -0.2) is 17.9 Å². The van der Waals surface area contributed by atoms with Gasteiger partial charge in [0.15, 0.2) is 6.61 Å². The second-order valence-electron chi connectivity index (χ2n) is 7.66. The zero-order valence-electron chi connectivity index (χ0n) is 17.6. The van der Waals surface area contributed by atoms with Crippen molar-refractivity contribution in [2.45, 2.75) is 38.1 Å². The van der Waals surface area contributed by atoms with Crippen LogP contribution in [0.25, 0.3) is 0 Å². The summed E-state index contributed by atoms with van der Waals surface area (Å²) in [4.78, 5) is 24.2. The maximum Gasteiger partial charge on any atom is 0.338 e. The summed E-state index contributed by atoms with van der Waals surface area (Å²) in [5.41, 5.74) is 0.737. The van der Waals surface area contributed by atoms with E-state index in [1.807, 2.05) is 19.1 Å². The van der Waals surface area contributed by atoms with E-state index in [0.29, 0.717) is 5.69 Å². The molecular weight excluding hydrogens is 408 g/mol. The Morgan fingerprint density at radius 1 is 1.07 bits per heavy atom. The maximum absolute atomic E-state index is 12.7. The minimum atomic E-state index is -3.96. The number of aryl methyl sites for hydroxylation is 1. The van der Waals surface area contributed by atoms with Crippen LogP contribution in [0, 0.1) is 6.92 Å². The smallest absolute Gasteiger partial charge is 0.338 e. The molecule has 2 aromatic rings. The molecular formula is C21H26N2O6S. The molecule has 0 saturated heterocycles. The Morgan fingerprint density at radius 2 is 1.73 bits per heavy atom. The molecule has 2 N–H and O–H groups in total. The highest BCUT2D eigenvalue weighted by atomic mass is 32.2. The first-order valence-electron chi connectivity index (χ1n) is 9.17. The molecule has 0 heterocycles. The maximum atomic E-state index is 12.7. The van der Waals surface area contributed by atoms with Crippen LogP contribution in [-0.4, -0.2) is 39.5 Å². The van der Waals surface area contributed by atoms with E-state index in [1.54, 1.807) is 32.9 Å². The summed E-state index contributed by atoms with van der Waals surface area (Å²) in [6, 6.07) is 11.1. The molecule has 8 nitrogen and oxygen atoms in total. The zero-order chi connectivity index (χ0) is 22.5. The van der Waals surface area contributed by atoms with E-state index in [2.05, 4.69) is 10.0 Å². The normalized spacial score (nSPS) is 11.6. The summed E-state index contributed by atoms with van der Waals surface area (Å²) in [5.74, 6) is -1.25. The van der Waals surface area contributed by atoms with Gasteiger partial charge in [-0.2, -0.15) is 0 Å². The lowest BCUT2D eigenvalue weighted by Gasteiger charge is -2.21. The summed E-state index contributed by atoms with van der Waals surface area (Å²) >= 11 is 0. The largest absolute Gasteiger partial charge is 0.495 e. The molecule has 0 unspecified atom stereocenters. The lowest BCUT2D eigenvalue weighted by Crippen LogP contribution is -2.40. The van der Waals surface area contributed by atoms with Gasteiger partial charge in [-0.1, -0.05) is 18.2 Å². The molecule has 2 aromatic carbocycles. The number of sulfonamides is 1. The summed E-state index contributed by atoms with van der Waals surface area (Å²) in [6.45, 7) is 6.42. The topological polar surface area (TPSA) is 111 Å². The molecule has 0 aromatic heterocycles. The second-order valence-corrected chi connectivity index (χ2v) is 9.31. The van der Waals surface area contributed by atoms with Gasteiger partial charge in [0.1, 0.15) is 10.6 Å². The average Bonchev–Trinajstić information content (AvgIpc) is 2.65. The molecule has 0 radical (unpaired) electrons. The first-order valence-corrected chi connectivity index (χ1v) is 10.7. The molecule has 2 rings (SSSR count). The van der Waals surface area contributed by atoms with Crippen molar-refractivity contribution in [2.75, 3.05) is 19.0 Å². The van der Waals surface area contributed by atoms with Crippen molar-refractivity contribution < 1.29 is 27.5 Å². The average molecular weight is 435 g/mol. The number of hydrogen-bond donors (Lipinski definition) is 2. The molecule has 9 heteroatoms. The molecule has 0 atom stereocenters. The first-order chi connectivity index (χ1) is 13.9. The number of hydrogen-bond acceptors (Lipinski definition) is 6. The molecule has 0 aliphatic carbocycles. The minimum Gasteiger partial charge on any atom is -0.495 e. The fraction of sp³-hybridized carbons (Fsp3) is 0.333. The van der Waals surface area contributed by atoms with Crippen molar-refractivity contribution >= 4 is 27.6 Å². The SMILES string of the molecule is COc1ccc(C(=O)OCC(=O)Nc2ccccc2C)cc1S(=O)(=O)NC(C)(C)C. The Kier molecular flexibility index (Phi) is 7.22. The van der Waals surface area contributed by atoms with E-state index in [-0.39, 0.29) is 16.2 Å². The number of esters is 1.